The van der Waals surface area contributed by atoms with E-state index in [1.54, 1.807) is 0 Å². The Kier molecular flexibility index (Phi) is 2.22. The van der Waals surface area contributed by atoms with Crippen LogP contribution in [0.5, 0.6) is 0 Å². The Morgan fingerprint density at radius 3 is 1.55 bits per heavy atom. The van der Waals surface area contributed by atoms with Crippen molar-refractivity contribution in [1.29, 1.82) is 0 Å². The second-order valence-electron chi connectivity index (χ2n) is 5.39. The van der Waals surface area contributed by atoms with Crippen LogP contribution in [0.1, 0.15) is 0 Å². The summed E-state index contributed by atoms with van der Waals surface area (Å²) in [5.74, 6) is 0. The number of pyridine rings is 3. The van der Waals surface area contributed by atoms with Crippen molar-refractivity contribution in [2.24, 2.45) is 0 Å². The van der Waals surface area contributed by atoms with Crippen LogP contribution in [0.25, 0.3) is 43.6 Å². The van der Waals surface area contributed by atoms with Gasteiger partial charge in [-0.2, -0.15) is 0 Å². The van der Waals surface area contributed by atoms with Crippen LogP contribution in [0.2, 0.25) is 0 Å². The summed E-state index contributed by atoms with van der Waals surface area (Å²) in [6.07, 6.45) is 3.64. The van der Waals surface area contributed by atoms with Crippen LogP contribution in [-0.2, 0) is 0 Å². The highest BCUT2D eigenvalue weighted by atomic mass is 14.7. The van der Waals surface area contributed by atoms with Crippen molar-refractivity contribution < 1.29 is 0 Å². The van der Waals surface area contributed by atoms with Gasteiger partial charge in [-0.3, -0.25) is 9.97 Å². The van der Waals surface area contributed by atoms with Gasteiger partial charge in [0.25, 0.3) is 0 Å². The average molecular weight is 281 g/mol. The highest BCUT2D eigenvalue weighted by Gasteiger charge is 2.07. The van der Waals surface area contributed by atoms with E-state index in [1.165, 1.54) is 0 Å². The first kappa shape index (κ1) is 11.6. The van der Waals surface area contributed by atoms with Gasteiger partial charge in [0.2, 0.25) is 0 Å². The van der Waals surface area contributed by atoms with Crippen molar-refractivity contribution in [2.45, 2.75) is 0 Å². The fourth-order valence-corrected chi connectivity index (χ4v) is 3.10. The minimum Gasteiger partial charge on any atom is -0.256 e. The van der Waals surface area contributed by atoms with Crippen molar-refractivity contribution in [1.82, 2.24) is 15.0 Å². The molecule has 0 aliphatic carbocycles. The number of hydrogen-bond acceptors (Lipinski definition) is 3. The summed E-state index contributed by atoms with van der Waals surface area (Å²) in [5, 5.41) is 4.54. The summed E-state index contributed by atoms with van der Waals surface area (Å²) in [7, 11) is 0. The van der Waals surface area contributed by atoms with Crippen LogP contribution in [0.3, 0.4) is 0 Å². The number of aromatic nitrogens is 3. The predicted octanol–water partition coefficient (Wildman–Crippen LogP) is 4.48. The molecule has 0 aliphatic rings. The van der Waals surface area contributed by atoms with E-state index in [0.717, 1.165) is 43.6 Å². The quantitative estimate of drug-likeness (QED) is 0.310. The first-order chi connectivity index (χ1) is 10.9. The Morgan fingerprint density at radius 1 is 0.500 bits per heavy atom. The molecule has 0 saturated heterocycles. The van der Waals surface area contributed by atoms with Gasteiger partial charge in [0, 0.05) is 33.9 Å². The molecule has 102 valence electrons. The maximum atomic E-state index is 4.82. The van der Waals surface area contributed by atoms with Gasteiger partial charge in [0.1, 0.15) is 0 Å². The molecule has 0 N–H and O–H groups in total. The van der Waals surface area contributed by atoms with Crippen LogP contribution in [0, 0.1) is 0 Å². The Hall–Kier alpha value is -3.07. The second-order valence-corrected chi connectivity index (χ2v) is 5.39. The van der Waals surface area contributed by atoms with Crippen molar-refractivity contribution >= 4 is 43.6 Å². The molecule has 0 saturated carbocycles. The Labute approximate surface area is 126 Å². The maximum Gasteiger partial charge on any atom is 0.0717 e. The fourth-order valence-electron chi connectivity index (χ4n) is 3.10. The van der Waals surface area contributed by atoms with Crippen molar-refractivity contribution in [3.05, 3.63) is 67.0 Å². The zero-order valence-corrected chi connectivity index (χ0v) is 11.7. The number of rotatable bonds is 0. The normalized spacial score (nSPS) is 11.6. The molecule has 3 heterocycles. The SMILES string of the molecule is c1cnc2ccc3nc4ccc5ncccc5c4cc3c2c1. The number of nitrogens with zero attached hydrogens (tertiary/aromatic N) is 3. The van der Waals surface area contributed by atoms with Gasteiger partial charge in [-0.1, -0.05) is 12.1 Å². The van der Waals surface area contributed by atoms with E-state index in [4.69, 9.17) is 4.98 Å². The molecule has 22 heavy (non-hydrogen) atoms. The largest absolute Gasteiger partial charge is 0.256 e. The molecule has 2 aromatic carbocycles. The van der Waals surface area contributed by atoms with Crippen molar-refractivity contribution in [3.8, 4) is 0 Å². The molecule has 3 heteroatoms. The summed E-state index contributed by atoms with van der Waals surface area (Å²) >= 11 is 0. The predicted molar refractivity (Wildman–Crippen MR) is 89.9 cm³/mol. The molecule has 5 aromatic rings. The van der Waals surface area contributed by atoms with Crippen molar-refractivity contribution in [3.63, 3.8) is 0 Å². The highest BCUT2D eigenvalue weighted by Crippen LogP contribution is 2.29. The second kappa shape index (κ2) is 4.21. The molecule has 3 aromatic heterocycles. The molecule has 0 unspecified atom stereocenters. The third-order valence-corrected chi connectivity index (χ3v) is 4.14. The van der Waals surface area contributed by atoms with Crippen LogP contribution in [-0.4, -0.2) is 15.0 Å². The van der Waals surface area contributed by atoms with Gasteiger partial charge in [0.05, 0.1) is 22.1 Å². The first-order valence-corrected chi connectivity index (χ1v) is 7.22. The lowest BCUT2D eigenvalue weighted by atomic mass is 10.0. The number of hydrogen-bond donors (Lipinski definition) is 0. The molecular weight excluding hydrogens is 270 g/mol. The number of fused-ring (bicyclic) bond motifs is 6. The molecular formula is C19H11N3. The minimum atomic E-state index is 0.995. The summed E-state index contributed by atoms with van der Waals surface area (Å²) in [5.41, 5.74) is 3.98. The molecule has 3 nitrogen and oxygen atoms in total. The number of benzene rings is 2. The average Bonchev–Trinajstić information content (AvgIpc) is 2.60. The Bertz CT molecular complexity index is 1090. The van der Waals surface area contributed by atoms with Gasteiger partial charge in [-0.05, 0) is 42.5 Å². The van der Waals surface area contributed by atoms with Gasteiger partial charge < -0.3 is 0 Å². The third-order valence-electron chi connectivity index (χ3n) is 4.14. The van der Waals surface area contributed by atoms with E-state index in [9.17, 15) is 0 Å². The van der Waals surface area contributed by atoms with E-state index >= 15 is 0 Å². The molecule has 0 radical (unpaired) electrons. The lowest BCUT2D eigenvalue weighted by Crippen LogP contribution is -1.87. The van der Waals surface area contributed by atoms with Gasteiger partial charge in [0.15, 0.2) is 0 Å². The van der Waals surface area contributed by atoms with Gasteiger partial charge in [-0.25, -0.2) is 4.98 Å². The first-order valence-electron chi connectivity index (χ1n) is 7.22. The summed E-state index contributed by atoms with van der Waals surface area (Å²) in [4.78, 5) is 13.7. The van der Waals surface area contributed by atoms with Crippen molar-refractivity contribution in [2.75, 3.05) is 0 Å². The molecule has 0 spiro atoms. The van der Waals surface area contributed by atoms with Crippen LogP contribution in [0.4, 0.5) is 0 Å². The summed E-state index contributed by atoms with van der Waals surface area (Å²) < 4.78 is 0. The summed E-state index contributed by atoms with van der Waals surface area (Å²) in [6.45, 7) is 0. The smallest absolute Gasteiger partial charge is 0.0717 e. The van der Waals surface area contributed by atoms with E-state index in [2.05, 4.69) is 28.2 Å². The fraction of sp³-hybridized carbons (Fsp3) is 0. The monoisotopic (exact) mass is 281 g/mol. The standard InChI is InChI=1S/C19H11N3/c1-3-12-14-11-15-13-4-2-10-21-17(13)6-8-19(15)22-18(14)7-5-16(12)20-9-1/h1-11H. The zero-order valence-electron chi connectivity index (χ0n) is 11.7. The minimum absolute atomic E-state index is 0.995. The van der Waals surface area contributed by atoms with Crippen LogP contribution in [0.15, 0.2) is 67.0 Å². The molecule has 0 fully saturated rings. The Balaban J connectivity index is 2.05. The third kappa shape index (κ3) is 1.53. The molecule has 0 amide bonds. The molecule has 0 bridgehead atoms. The maximum absolute atomic E-state index is 4.82. The molecule has 0 aliphatic heterocycles. The molecule has 0 atom stereocenters. The zero-order chi connectivity index (χ0) is 14.5. The van der Waals surface area contributed by atoms with E-state index < -0.39 is 0 Å². The summed E-state index contributed by atoms with van der Waals surface area (Å²) in [6, 6.07) is 18.5. The van der Waals surface area contributed by atoms with Gasteiger partial charge in [-0.15, -0.1) is 0 Å². The lowest BCUT2D eigenvalue weighted by molar-refractivity contribution is 1.41. The topological polar surface area (TPSA) is 38.7 Å². The van der Waals surface area contributed by atoms with Gasteiger partial charge >= 0.3 is 0 Å². The van der Waals surface area contributed by atoms with Crippen LogP contribution >= 0.6 is 0 Å². The Morgan fingerprint density at radius 2 is 1.00 bits per heavy atom. The van der Waals surface area contributed by atoms with Crippen LogP contribution < -0.4 is 0 Å². The van der Waals surface area contributed by atoms with E-state index in [-0.39, 0.29) is 0 Å². The lowest BCUT2D eigenvalue weighted by Gasteiger charge is -2.07. The van der Waals surface area contributed by atoms with E-state index in [1.807, 2.05) is 48.8 Å². The highest BCUT2D eigenvalue weighted by molar-refractivity contribution is 6.13. The van der Waals surface area contributed by atoms with E-state index in [0.29, 0.717) is 0 Å². The molecule has 5 rings (SSSR count).